The highest BCUT2D eigenvalue weighted by molar-refractivity contribution is 5.13. The van der Waals surface area contributed by atoms with Crippen LogP contribution in [0, 0.1) is 0 Å². The van der Waals surface area contributed by atoms with E-state index in [1.54, 1.807) is 0 Å². The van der Waals surface area contributed by atoms with Crippen LogP contribution in [0.15, 0.2) is 30.3 Å². The van der Waals surface area contributed by atoms with E-state index in [9.17, 15) is 10.2 Å². The summed E-state index contributed by atoms with van der Waals surface area (Å²) < 4.78 is 16.6. The Morgan fingerprint density at radius 3 is 2.50 bits per heavy atom. The van der Waals surface area contributed by atoms with Gasteiger partial charge in [-0.2, -0.15) is 0 Å². The third-order valence-corrected chi connectivity index (χ3v) is 4.14. The molecule has 2 rings (SSSR count). The Hall–Kier alpha value is -0.980. The molecule has 1 saturated heterocycles. The molecule has 5 heteroatoms. The molecule has 136 valence electrons. The van der Waals surface area contributed by atoms with Crippen molar-refractivity contribution in [2.45, 2.75) is 63.6 Å². The van der Waals surface area contributed by atoms with Crippen LogP contribution in [-0.4, -0.2) is 48.5 Å². The topological polar surface area (TPSA) is 68.2 Å². The monoisotopic (exact) mass is 338 g/mol. The number of hydrogen-bond donors (Lipinski definition) is 2. The van der Waals surface area contributed by atoms with Crippen molar-refractivity contribution in [3.63, 3.8) is 0 Å². The molecule has 0 spiro atoms. The van der Waals surface area contributed by atoms with Gasteiger partial charge in [0.1, 0.15) is 0 Å². The van der Waals surface area contributed by atoms with E-state index in [-0.39, 0.29) is 6.29 Å². The average molecular weight is 338 g/mol. The van der Waals surface area contributed by atoms with Gasteiger partial charge in [-0.05, 0) is 44.1 Å². The van der Waals surface area contributed by atoms with Crippen LogP contribution < -0.4 is 0 Å². The summed E-state index contributed by atoms with van der Waals surface area (Å²) in [5.74, 6) is 0. The minimum atomic E-state index is -0.558. The fraction of sp³-hybridized carbons (Fsp3) is 0.684. The molecular weight excluding hydrogens is 308 g/mol. The summed E-state index contributed by atoms with van der Waals surface area (Å²) in [7, 11) is 0. The number of ether oxygens (including phenoxy) is 3. The number of hydrogen-bond acceptors (Lipinski definition) is 5. The SMILES string of the molecule is O[C@@H](CCOCc1ccccc1)C[C@@H](O)CCOC1CCCCO1. The van der Waals surface area contributed by atoms with Crippen LogP contribution in [-0.2, 0) is 20.8 Å². The molecule has 1 unspecified atom stereocenters. The summed E-state index contributed by atoms with van der Waals surface area (Å²) in [4.78, 5) is 0. The Balaban J connectivity index is 1.47. The molecule has 1 aliphatic heterocycles. The first-order valence-corrected chi connectivity index (χ1v) is 8.95. The van der Waals surface area contributed by atoms with Gasteiger partial charge < -0.3 is 24.4 Å². The predicted molar refractivity (Wildman–Crippen MR) is 91.5 cm³/mol. The van der Waals surface area contributed by atoms with Crippen LogP contribution in [0.3, 0.4) is 0 Å². The van der Waals surface area contributed by atoms with Gasteiger partial charge in [-0.15, -0.1) is 0 Å². The highest BCUT2D eigenvalue weighted by Crippen LogP contribution is 2.15. The molecule has 0 amide bonds. The summed E-state index contributed by atoms with van der Waals surface area (Å²) in [6.45, 7) is 2.25. The average Bonchev–Trinajstić information content (AvgIpc) is 2.60. The number of aliphatic hydroxyl groups excluding tert-OH is 2. The van der Waals surface area contributed by atoms with Gasteiger partial charge in [0.15, 0.2) is 6.29 Å². The maximum atomic E-state index is 9.96. The second kappa shape index (κ2) is 11.6. The number of aliphatic hydroxyl groups is 2. The van der Waals surface area contributed by atoms with Gasteiger partial charge in [0, 0.05) is 13.2 Å². The van der Waals surface area contributed by atoms with Crippen molar-refractivity contribution in [3.05, 3.63) is 35.9 Å². The van der Waals surface area contributed by atoms with Crippen molar-refractivity contribution in [2.24, 2.45) is 0 Å². The van der Waals surface area contributed by atoms with E-state index in [4.69, 9.17) is 14.2 Å². The summed E-state index contributed by atoms with van der Waals surface area (Å²) in [5.41, 5.74) is 1.12. The van der Waals surface area contributed by atoms with E-state index in [0.717, 1.165) is 31.4 Å². The van der Waals surface area contributed by atoms with Crippen molar-refractivity contribution in [1.29, 1.82) is 0 Å². The van der Waals surface area contributed by atoms with Crippen LogP contribution in [0.1, 0.15) is 44.1 Å². The fourth-order valence-electron chi connectivity index (χ4n) is 2.71. The van der Waals surface area contributed by atoms with Crippen LogP contribution in [0.4, 0.5) is 0 Å². The zero-order chi connectivity index (χ0) is 17.0. The third-order valence-electron chi connectivity index (χ3n) is 4.14. The molecule has 1 aliphatic rings. The van der Waals surface area contributed by atoms with Gasteiger partial charge in [-0.25, -0.2) is 0 Å². The van der Waals surface area contributed by atoms with Gasteiger partial charge in [-0.3, -0.25) is 0 Å². The first kappa shape index (κ1) is 19.3. The lowest BCUT2D eigenvalue weighted by Gasteiger charge is -2.23. The van der Waals surface area contributed by atoms with E-state index in [1.165, 1.54) is 0 Å². The molecule has 24 heavy (non-hydrogen) atoms. The molecule has 1 aromatic carbocycles. The second-order valence-corrected chi connectivity index (χ2v) is 6.33. The molecule has 3 atom stereocenters. The van der Waals surface area contributed by atoms with Crippen LogP contribution >= 0.6 is 0 Å². The molecule has 1 aromatic rings. The van der Waals surface area contributed by atoms with E-state index in [0.29, 0.717) is 39.1 Å². The van der Waals surface area contributed by atoms with Crippen molar-refractivity contribution < 1.29 is 24.4 Å². The van der Waals surface area contributed by atoms with E-state index in [1.807, 2.05) is 30.3 Å². The summed E-state index contributed by atoms with van der Waals surface area (Å²) in [5, 5.41) is 19.9. The molecule has 1 fully saturated rings. The second-order valence-electron chi connectivity index (χ2n) is 6.33. The molecular formula is C19H30O5. The zero-order valence-electron chi connectivity index (χ0n) is 14.3. The maximum absolute atomic E-state index is 9.96. The Bertz CT molecular complexity index is 419. The summed E-state index contributed by atoms with van der Waals surface area (Å²) >= 11 is 0. The van der Waals surface area contributed by atoms with Gasteiger partial charge in [0.2, 0.25) is 0 Å². The smallest absolute Gasteiger partial charge is 0.157 e. The Labute approximate surface area is 144 Å². The van der Waals surface area contributed by atoms with Crippen molar-refractivity contribution >= 4 is 0 Å². The molecule has 5 nitrogen and oxygen atoms in total. The van der Waals surface area contributed by atoms with Gasteiger partial charge in [-0.1, -0.05) is 30.3 Å². The zero-order valence-corrected chi connectivity index (χ0v) is 14.3. The Morgan fingerprint density at radius 1 is 1.04 bits per heavy atom. The first-order valence-electron chi connectivity index (χ1n) is 8.95. The van der Waals surface area contributed by atoms with Crippen molar-refractivity contribution in [3.8, 4) is 0 Å². The third kappa shape index (κ3) is 8.22. The number of benzene rings is 1. The maximum Gasteiger partial charge on any atom is 0.157 e. The molecule has 0 aromatic heterocycles. The molecule has 0 saturated carbocycles. The standard InChI is InChI=1S/C19H30O5/c20-17(9-12-22-15-16-6-2-1-3-7-16)14-18(21)10-13-24-19-8-4-5-11-23-19/h1-3,6-7,17-21H,4-5,8-15H2/t17-,18-,19?/m0/s1. The molecule has 0 aliphatic carbocycles. The quantitative estimate of drug-likeness (QED) is 0.607. The van der Waals surface area contributed by atoms with Crippen molar-refractivity contribution in [1.82, 2.24) is 0 Å². The van der Waals surface area contributed by atoms with Gasteiger partial charge >= 0.3 is 0 Å². The Kier molecular flexibility index (Phi) is 9.31. The minimum Gasteiger partial charge on any atom is -0.393 e. The summed E-state index contributed by atoms with van der Waals surface area (Å²) in [6, 6.07) is 9.94. The summed E-state index contributed by atoms with van der Waals surface area (Å²) in [6.07, 6.45) is 3.32. The first-order chi connectivity index (χ1) is 11.7. The minimum absolute atomic E-state index is 0.123. The van der Waals surface area contributed by atoms with E-state index in [2.05, 4.69) is 0 Å². The van der Waals surface area contributed by atoms with Crippen LogP contribution in [0.25, 0.3) is 0 Å². The normalized spacial score (nSPS) is 20.7. The lowest BCUT2D eigenvalue weighted by molar-refractivity contribution is -0.165. The predicted octanol–water partition coefficient (Wildman–Crippen LogP) is 2.64. The van der Waals surface area contributed by atoms with Crippen LogP contribution in [0.5, 0.6) is 0 Å². The lowest BCUT2D eigenvalue weighted by Crippen LogP contribution is -2.25. The number of rotatable bonds is 11. The van der Waals surface area contributed by atoms with Gasteiger partial charge in [0.05, 0.1) is 25.4 Å². The highest BCUT2D eigenvalue weighted by Gasteiger charge is 2.16. The van der Waals surface area contributed by atoms with Gasteiger partial charge in [0.25, 0.3) is 0 Å². The molecule has 0 radical (unpaired) electrons. The van der Waals surface area contributed by atoms with Crippen molar-refractivity contribution in [2.75, 3.05) is 19.8 Å². The molecule has 0 bridgehead atoms. The van der Waals surface area contributed by atoms with Crippen LogP contribution in [0.2, 0.25) is 0 Å². The largest absolute Gasteiger partial charge is 0.393 e. The Morgan fingerprint density at radius 2 is 1.79 bits per heavy atom. The fourth-order valence-corrected chi connectivity index (χ4v) is 2.71. The van der Waals surface area contributed by atoms with E-state index >= 15 is 0 Å². The highest BCUT2D eigenvalue weighted by atomic mass is 16.7. The molecule has 2 N–H and O–H groups in total. The lowest BCUT2D eigenvalue weighted by atomic mass is 10.1. The molecule has 1 heterocycles. The van der Waals surface area contributed by atoms with E-state index < -0.39 is 12.2 Å².